The van der Waals surface area contributed by atoms with Crippen LogP contribution in [-0.2, 0) is 0 Å². The van der Waals surface area contributed by atoms with Crippen molar-refractivity contribution < 1.29 is 9.47 Å². The van der Waals surface area contributed by atoms with Crippen LogP contribution in [0.25, 0.3) is 11.4 Å². The van der Waals surface area contributed by atoms with E-state index in [9.17, 15) is 0 Å². The van der Waals surface area contributed by atoms with Crippen molar-refractivity contribution in [2.75, 3.05) is 14.2 Å². The minimum absolute atomic E-state index is 0.453. The summed E-state index contributed by atoms with van der Waals surface area (Å²) < 4.78 is 11.4. The van der Waals surface area contributed by atoms with Crippen molar-refractivity contribution in [1.82, 2.24) is 9.97 Å². The van der Waals surface area contributed by atoms with Gasteiger partial charge in [-0.2, -0.15) is 0 Å². The third kappa shape index (κ3) is 2.74. The van der Waals surface area contributed by atoms with Gasteiger partial charge in [0.1, 0.15) is 5.15 Å². The number of hydrogen-bond acceptors (Lipinski definition) is 4. The minimum Gasteiger partial charge on any atom is -0.493 e. The lowest BCUT2D eigenvalue weighted by molar-refractivity contribution is 0.355. The Labute approximate surface area is 131 Å². The molecule has 2 aromatic rings. The van der Waals surface area contributed by atoms with Crippen molar-refractivity contribution in [3.63, 3.8) is 0 Å². The van der Waals surface area contributed by atoms with E-state index in [4.69, 9.17) is 21.1 Å². The van der Waals surface area contributed by atoms with Crippen LogP contribution in [0.4, 0.5) is 0 Å². The molecule has 0 fully saturated rings. The summed E-state index contributed by atoms with van der Waals surface area (Å²) >= 11 is 9.63. The second-order valence-electron chi connectivity index (χ2n) is 4.24. The molecule has 6 heteroatoms. The lowest BCUT2D eigenvalue weighted by Gasteiger charge is -2.12. The van der Waals surface area contributed by atoms with Gasteiger partial charge < -0.3 is 9.47 Å². The average molecular weight is 358 g/mol. The maximum Gasteiger partial charge on any atom is 0.162 e. The smallest absolute Gasteiger partial charge is 0.162 e. The molecule has 0 amide bonds. The highest BCUT2D eigenvalue weighted by molar-refractivity contribution is 9.10. The fourth-order valence-electron chi connectivity index (χ4n) is 1.74. The molecule has 1 heterocycles. The van der Waals surface area contributed by atoms with Gasteiger partial charge in [-0.05, 0) is 41.9 Å². The van der Waals surface area contributed by atoms with Gasteiger partial charge in [0.2, 0.25) is 0 Å². The number of ether oxygens (including phenoxy) is 2. The van der Waals surface area contributed by atoms with Crippen molar-refractivity contribution in [2.45, 2.75) is 13.8 Å². The van der Waals surface area contributed by atoms with Gasteiger partial charge in [-0.25, -0.2) is 9.97 Å². The Bertz CT molecular complexity index is 639. The number of benzene rings is 1. The van der Waals surface area contributed by atoms with Crippen molar-refractivity contribution in [3.05, 3.63) is 33.0 Å². The number of methoxy groups -OCH3 is 2. The molecule has 2 rings (SSSR count). The highest BCUT2D eigenvalue weighted by atomic mass is 79.9. The zero-order chi connectivity index (χ0) is 14.9. The number of rotatable bonds is 3. The molecule has 0 N–H and O–H groups in total. The molecular formula is C14H14BrClN2O2. The quantitative estimate of drug-likeness (QED) is 0.773. The first kappa shape index (κ1) is 15.1. The van der Waals surface area contributed by atoms with Gasteiger partial charge in [0.05, 0.1) is 14.2 Å². The largest absolute Gasteiger partial charge is 0.493 e. The van der Waals surface area contributed by atoms with Gasteiger partial charge in [0.15, 0.2) is 17.3 Å². The zero-order valence-electron chi connectivity index (χ0n) is 11.6. The maximum atomic E-state index is 6.13. The van der Waals surface area contributed by atoms with E-state index in [0.717, 1.165) is 21.3 Å². The molecule has 106 valence electrons. The maximum absolute atomic E-state index is 6.13. The summed E-state index contributed by atoms with van der Waals surface area (Å²) in [4.78, 5) is 8.80. The normalized spacial score (nSPS) is 10.5. The monoisotopic (exact) mass is 356 g/mol. The first-order valence-electron chi connectivity index (χ1n) is 5.90. The lowest BCUT2D eigenvalue weighted by atomic mass is 10.1. The predicted molar refractivity (Wildman–Crippen MR) is 82.8 cm³/mol. The van der Waals surface area contributed by atoms with E-state index in [0.29, 0.717) is 22.5 Å². The summed E-state index contributed by atoms with van der Waals surface area (Å²) in [6.45, 7) is 3.80. The number of halogens is 2. The third-order valence-electron chi connectivity index (χ3n) is 3.04. The molecule has 4 nitrogen and oxygen atoms in total. The fourth-order valence-corrected chi connectivity index (χ4v) is 2.46. The van der Waals surface area contributed by atoms with Crippen LogP contribution in [0, 0.1) is 13.8 Å². The van der Waals surface area contributed by atoms with Crippen molar-refractivity contribution in [3.8, 4) is 22.9 Å². The lowest BCUT2D eigenvalue weighted by Crippen LogP contribution is -1.98. The summed E-state index contributed by atoms with van der Waals surface area (Å²) in [5.41, 5.74) is 2.53. The van der Waals surface area contributed by atoms with Gasteiger partial charge in [-0.3, -0.25) is 0 Å². The van der Waals surface area contributed by atoms with Gasteiger partial charge in [-0.1, -0.05) is 11.6 Å². The van der Waals surface area contributed by atoms with Crippen LogP contribution >= 0.6 is 27.5 Å². The topological polar surface area (TPSA) is 44.2 Å². The highest BCUT2D eigenvalue weighted by Gasteiger charge is 2.15. The molecule has 0 aliphatic heterocycles. The summed E-state index contributed by atoms with van der Waals surface area (Å²) in [5.74, 6) is 1.80. The van der Waals surface area contributed by atoms with Crippen LogP contribution in [0.1, 0.15) is 11.3 Å². The fraction of sp³-hybridized carbons (Fsp3) is 0.286. The summed E-state index contributed by atoms with van der Waals surface area (Å²) in [5, 5.41) is 0.453. The molecule has 0 radical (unpaired) electrons. The van der Waals surface area contributed by atoms with Crippen LogP contribution in [0.5, 0.6) is 11.5 Å². The minimum atomic E-state index is 0.453. The molecule has 0 saturated carbocycles. The van der Waals surface area contributed by atoms with E-state index < -0.39 is 0 Å². The van der Waals surface area contributed by atoms with Crippen LogP contribution < -0.4 is 9.47 Å². The van der Waals surface area contributed by atoms with E-state index in [1.807, 2.05) is 26.0 Å². The predicted octanol–water partition coefficient (Wildman–Crippen LogP) is 4.19. The third-order valence-corrected chi connectivity index (χ3v) is 4.07. The standard InChI is InChI=1S/C14H14BrClN2O2/c1-7-8(2)17-14(18-13(7)16)9-5-11(19-3)12(20-4)6-10(9)15/h5-6H,1-4H3. The second-order valence-corrected chi connectivity index (χ2v) is 5.45. The molecule has 20 heavy (non-hydrogen) atoms. The second kappa shape index (κ2) is 5.97. The SMILES string of the molecule is COc1cc(Br)c(-c2nc(C)c(C)c(Cl)n2)cc1OC. The number of hydrogen-bond donors (Lipinski definition) is 0. The Hall–Kier alpha value is -1.33. The number of aromatic nitrogens is 2. The zero-order valence-corrected chi connectivity index (χ0v) is 14.0. The van der Waals surface area contributed by atoms with E-state index in [1.165, 1.54) is 0 Å². The van der Waals surface area contributed by atoms with E-state index in [2.05, 4.69) is 25.9 Å². The number of aryl methyl sites for hydroxylation is 1. The Morgan fingerprint density at radius 1 is 1.05 bits per heavy atom. The van der Waals surface area contributed by atoms with E-state index in [-0.39, 0.29) is 0 Å². The van der Waals surface area contributed by atoms with Crippen LogP contribution in [0.2, 0.25) is 5.15 Å². The molecule has 0 bridgehead atoms. The molecule has 0 atom stereocenters. The van der Waals surface area contributed by atoms with Gasteiger partial charge >= 0.3 is 0 Å². The first-order valence-corrected chi connectivity index (χ1v) is 7.07. The van der Waals surface area contributed by atoms with Gasteiger partial charge in [-0.15, -0.1) is 0 Å². The average Bonchev–Trinajstić information content (AvgIpc) is 2.43. The van der Waals surface area contributed by atoms with Crippen molar-refractivity contribution >= 4 is 27.5 Å². The van der Waals surface area contributed by atoms with Crippen LogP contribution in [-0.4, -0.2) is 24.2 Å². The Balaban J connectivity index is 2.63. The molecule has 0 saturated heterocycles. The molecular weight excluding hydrogens is 344 g/mol. The molecule has 0 spiro atoms. The first-order chi connectivity index (χ1) is 9.47. The molecule has 1 aromatic carbocycles. The van der Waals surface area contributed by atoms with Gasteiger partial charge in [0, 0.05) is 21.3 Å². The van der Waals surface area contributed by atoms with Crippen LogP contribution in [0.15, 0.2) is 16.6 Å². The van der Waals surface area contributed by atoms with Crippen LogP contribution in [0.3, 0.4) is 0 Å². The molecule has 1 aromatic heterocycles. The Kier molecular flexibility index (Phi) is 4.50. The Morgan fingerprint density at radius 3 is 2.20 bits per heavy atom. The highest BCUT2D eigenvalue weighted by Crippen LogP contribution is 2.37. The summed E-state index contributed by atoms with van der Waals surface area (Å²) in [6, 6.07) is 3.64. The molecule has 0 unspecified atom stereocenters. The van der Waals surface area contributed by atoms with E-state index >= 15 is 0 Å². The van der Waals surface area contributed by atoms with Crippen molar-refractivity contribution in [1.29, 1.82) is 0 Å². The summed E-state index contributed by atoms with van der Waals surface area (Å²) in [7, 11) is 3.18. The summed E-state index contributed by atoms with van der Waals surface area (Å²) in [6.07, 6.45) is 0. The Morgan fingerprint density at radius 2 is 1.65 bits per heavy atom. The number of nitrogens with zero attached hydrogens (tertiary/aromatic N) is 2. The molecule has 0 aliphatic carbocycles. The molecule has 0 aliphatic rings. The van der Waals surface area contributed by atoms with E-state index in [1.54, 1.807) is 14.2 Å². The van der Waals surface area contributed by atoms with Gasteiger partial charge in [0.25, 0.3) is 0 Å². The van der Waals surface area contributed by atoms with Crippen molar-refractivity contribution in [2.24, 2.45) is 0 Å².